The van der Waals surface area contributed by atoms with Crippen molar-refractivity contribution in [3.05, 3.63) is 18.0 Å². The van der Waals surface area contributed by atoms with Crippen LogP contribution in [0, 0.1) is 5.92 Å². The summed E-state index contributed by atoms with van der Waals surface area (Å²) in [5.74, 6) is 0.830. The van der Waals surface area contributed by atoms with Gasteiger partial charge >= 0.3 is 0 Å². The van der Waals surface area contributed by atoms with E-state index in [1.54, 1.807) is 0 Å². The minimum Gasteiger partial charge on any atom is -0.317 e. The van der Waals surface area contributed by atoms with Crippen LogP contribution in [0.5, 0.6) is 0 Å². The summed E-state index contributed by atoms with van der Waals surface area (Å²) in [6.07, 6.45) is 15.7. The molecule has 0 radical (unpaired) electrons. The van der Waals surface area contributed by atoms with Crippen LogP contribution in [-0.4, -0.2) is 22.9 Å². The number of aromatic nitrogens is 2. The van der Waals surface area contributed by atoms with Crippen molar-refractivity contribution >= 4 is 0 Å². The molecule has 3 rings (SSSR count). The third kappa shape index (κ3) is 3.43. The van der Waals surface area contributed by atoms with Crippen LogP contribution in [-0.2, 0) is 6.42 Å². The molecule has 0 amide bonds. The van der Waals surface area contributed by atoms with Crippen LogP contribution in [0.3, 0.4) is 0 Å². The fraction of sp³-hybridized carbons (Fsp3) is 0.824. The fourth-order valence-electron chi connectivity index (χ4n) is 4.07. The summed E-state index contributed by atoms with van der Waals surface area (Å²) < 4.78 is 2.26. The van der Waals surface area contributed by atoms with Gasteiger partial charge in [-0.05, 0) is 57.6 Å². The summed E-state index contributed by atoms with van der Waals surface area (Å²) in [5.41, 5.74) is 1.32. The number of hydrogen-bond acceptors (Lipinski definition) is 2. The molecule has 2 atom stereocenters. The quantitative estimate of drug-likeness (QED) is 0.908. The van der Waals surface area contributed by atoms with Crippen molar-refractivity contribution in [1.29, 1.82) is 0 Å². The number of nitrogens with zero attached hydrogens (tertiary/aromatic N) is 2. The Morgan fingerprint density at radius 2 is 2.00 bits per heavy atom. The second kappa shape index (κ2) is 6.75. The highest BCUT2D eigenvalue weighted by atomic mass is 15.3. The van der Waals surface area contributed by atoms with Gasteiger partial charge in [-0.25, -0.2) is 0 Å². The van der Waals surface area contributed by atoms with Gasteiger partial charge in [0, 0.05) is 12.2 Å². The molecule has 112 valence electrons. The number of nitrogens with one attached hydrogen (secondary N) is 1. The van der Waals surface area contributed by atoms with Crippen molar-refractivity contribution < 1.29 is 0 Å². The van der Waals surface area contributed by atoms with Gasteiger partial charge in [-0.15, -0.1) is 0 Å². The van der Waals surface area contributed by atoms with E-state index >= 15 is 0 Å². The summed E-state index contributed by atoms with van der Waals surface area (Å²) in [6.45, 7) is 0. The molecule has 0 aromatic carbocycles. The topological polar surface area (TPSA) is 29.9 Å². The first-order chi connectivity index (χ1) is 9.85. The lowest BCUT2D eigenvalue weighted by atomic mass is 9.83. The van der Waals surface area contributed by atoms with Crippen molar-refractivity contribution in [3.63, 3.8) is 0 Å². The Hall–Kier alpha value is -0.830. The van der Waals surface area contributed by atoms with E-state index in [-0.39, 0.29) is 0 Å². The van der Waals surface area contributed by atoms with Gasteiger partial charge in [-0.3, -0.25) is 4.68 Å². The average molecular weight is 275 g/mol. The summed E-state index contributed by atoms with van der Waals surface area (Å²) in [6, 6.07) is 3.67. The van der Waals surface area contributed by atoms with Gasteiger partial charge in [0.05, 0.1) is 11.7 Å². The Labute approximate surface area is 123 Å². The monoisotopic (exact) mass is 275 g/mol. The van der Waals surface area contributed by atoms with Crippen molar-refractivity contribution in [1.82, 2.24) is 15.1 Å². The van der Waals surface area contributed by atoms with Crippen LogP contribution < -0.4 is 5.32 Å². The molecule has 0 spiro atoms. The Balaban J connectivity index is 1.56. The van der Waals surface area contributed by atoms with Crippen molar-refractivity contribution in [2.24, 2.45) is 5.92 Å². The molecular formula is C17H29N3. The zero-order valence-corrected chi connectivity index (χ0v) is 12.9. The third-order valence-corrected chi connectivity index (χ3v) is 5.30. The van der Waals surface area contributed by atoms with E-state index in [0.717, 1.165) is 12.0 Å². The largest absolute Gasteiger partial charge is 0.317 e. The first-order valence-electron chi connectivity index (χ1n) is 8.56. The van der Waals surface area contributed by atoms with E-state index in [2.05, 4.69) is 29.3 Å². The standard InChI is InChI=1S/C17H29N3/c1-18-15-7-5-6-14(12-15)13-16-10-11-20(19-16)17-8-3-2-4-9-17/h10-11,14-15,17-18H,2-9,12-13H2,1H3. The molecule has 1 aromatic heterocycles. The minimum atomic E-state index is 0.675. The summed E-state index contributed by atoms with van der Waals surface area (Å²) >= 11 is 0. The smallest absolute Gasteiger partial charge is 0.0627 e. The minimum absolute atomic E-state index is 0.675. The molecule has 2 unspecified atom stereocenters. The van der Waals surface area contributed by atoms with Crippen LogP contribution in [0.25, 0.3) is 0 Å². The number of hydrogen-bond donors (Lipinski definition) is 1. The van der Waals surface area contributed by atoms with Crippen molar-refractivity contribution in [3.8, 4) is 0 Å². The van der Waals surface area contributed by atoms with Gasteiger partial charge in [0.2, 0.25) is 0 Å². The molecule has 3 nitrogen and oxygen atoms in total. The first-order valence-corrected chi connectivity index (χ1v) is 8.56. The molecule has 3 heteroatoms. The normalized spacial score (nSPS) is 28.6. The fourth-order valence-corrected chi connectivity index (χ4v) is 4.07. The molecule has 2 aliphatic rings. The molecule has 2 aliphatic carbocycles. The second-order valence-corrected chi connectivity index (χ2v) is 6.80. The zero-order valence-electron chi connectivity index (χ0n) is 12.9. The third-order valence-electron chi connectivity index (χ3n) is 5.30. The maximum absolute atomic E-state index is 4.88. The highest BCUT2D eigenvalue weighted by molar-refractivity contribution is 5.02. The molecule has 0 saturated heterocycles. The molecule has 1 N–H and O–H groups in total. The molecule has 0 bridgehead atoms. The van der Waals surface area contributed by atoms with Gasteiger partial charge in [-0.1, -0.05) is 25.7 Å². The van der Waals surface area contributed by atoms with E-state index in [1.807, 2.05) is 0 Å². The lowest BCUT2D eigenvalue weighted by Gasteiger charge is -2.28. The maximum Gasteiger partial charge on any atom is 0.0627 e. The predicted molar refractivity (Wildman–Crippen MR) is 82.9 cm³/mol. The lowest BCUT2D eigenvalue weighted by Crippen LogP contribution is -2.32. The molecular weight excluding hydrogens is 246 g/mol. The van der Waals surface area contributed by atoms with Gasteiger partial charge < -0.3 is 5.32 Å². The molecule has 1 aromatic rings. The van der Waals surface area contributed by atoms with Gasteiger partial charge in [-0.2, -0.15) is 5.10 Å². The van der Waals surface area contributed by atoms with E-state index in [1.165, 1.54) is 69.9 Å². The average Bonchev–Trinajstić information content (AvgIpc) is 2.97. The molecule has 0 aliphatic heterocycles. The molecule has 20 heavy (non-hydrogen) atoms. The lowest BCUT2D eigenvalue weighted by molar-refractivity contribution is 0.289. The SMILES string of the molecule is CNC1CCCC(Cc2ccn(C3CCCCC3)n2)C1. The number of rotatable bonds is 4. The Bertz CT molecular complexity index is 406. The van der Waals surface area contributed by atoms with E-state index in [9.17, 15) is 0 Å². The van der Waals surface area contributed by atoms with Gasteiger partial charge in [0.1, 0.15) is 0 Å². The summed E-state index contributed by atoms with van der Waals surface area (Å²) in [5, 5.41) is 8.33. The van der Waals surface area contributed by atoms with Crippen LogP contribution in [0.2, 0.25) is 0 Å². The first kappa shape index (κ1) is 14.1. The van der Waals surface area contributed by atoms with E-state index in [4.69, 9.17) is 5.10 Å². The van der Waals surface area contributed by atoms with Gasteiger partial charge in [0.15, 0.2) is 0 Å². The predicted octanol–water partition coefficient (Wildman–Crippen LogP) is 3.71. The van der Waals surface area contributed by atoms with Crippen LogP contribution in [0.4, 0.5) is 0 Å². The Morgan fingerprint density at radius 3 is 2.80 bits per heavy atom. The molecule has 2 fully saturated rings. The summed E-state index contributed by atoms with van der Waals surface area (Å²) in [4.78, 5) is 0. The highest BCUT2D eigenvalue weighted by Crippen LogP contribution is 2.29. The molecule has 2 saturated carbocycles. The molecule has 1 heterocycles. The second-order valence-electron chi connectivity index (χ2n) is 6.80. The van der Waals surface area contributed by atoms with Gasteiger partial charge in [0.25, 0.3) is 0 Å². The summed E-state index contributed by atoms with van der Waals surface area (Å²) in [7, 11) is 2.10. The van der Waals surface area contributed by atoms with Crippen LogP contribution in [0.15, 0.2) is 12.3 Å². The van der Waals surface area contributed by atoms with E-state index in [0.29, 0.717) is 6.04 Å². The Morgan fingerprint density at radius 1 is 1.15 bits per heavy atom. The van der Waals surface area contributed by atoms with Crippen LogP contribution in [0.1, 0.15) is 69.5 Å². The zero-order chi connectivity index (χ0) is 13.8. The highest BCUT2D eigenvalue weighted by Gasteiger charge is 2.22. The van der Waals surface area contributed by atoms with Crippen molar-refractivity contribution in [2.45, 2.75) is 76.3 Å². The Kier molecular flexibility index (Phi) is 4.77. The van der Waals surface area contributed by atoms with Crippen LogP contribution >= 0.6 is 0 Å². The van der Waals surface area contributed by atoms with Crippen molar-refractivity contribution in [2.75, 3.05) is 7.05 Å². The maximum atomic E-state index is 4.88. The van der Waals surface area contributed by atoms with E-state index < -0.39 is 0 Å².